The van der Waals surface area contributed by atoms with Gasteiger partial charge in [-0.1, -0.05) is 13.8 Å². The molecule has 0 aliphatic heterocycles. The first-order chi connectivity index (χ1) is 14.9. The first kappa shape index (κ1) is 28.6. The Balaban J connectivity index is 5.03. The van der Waals surface area contributed by atoms with Gasteiger partial charge in [0.2, 0.25) is 23.6 Å². The number of aliphatic carboxylic acids is 1. The topological polar surface area (TPSA) is 258 Å². The van der Waals surface area contributed by atoms with Crippen LogP contribution in [0.4, 0.5) is 0 Å². The number of amides is 4. The monoisotopic (exact) mass is 458 g/mol. The standard InChI is InChI=1S/C18H34N8O6/c1-9(2)14(15(20)29)26-12(27)6-5-11(17(31)32)25-16(30)10(24-13(28)8-19)4-3-7-23-18(21)22/h9-11,14H,3-8,19H2,1-2H3,(H2,20,29)(H,24,28)(H,25,30)(H,26,27)(H,31,32)(H4,21,22,23)/t10-,11-,14-/m0/s1. The molecule has 14 nitrogen and oxygen atoms in total. The number of primary amides is 1. The highest BCUT2D eigenvalue weighted by Crippen LogP contribution is 2.05. The van der Waals surface area contributed by atoms with Crippen LogP contribution in [-0.2, 0) is 24.0 Å². The Hall–Kier alpha value is -3.42. The van der Waals surface area contributed by atoms with Crippen LogP contribution in [0.15, 0.2) is 4.99 Å². The van der Waals surface area contributed by atoms with Crippen LogP contribution in [0.5, 0.6) is 0 Å². The van der Waals surface area contributed by atoms with Gasteiger partial charge < -0.3 is 44.0 Å². The maximum Gasteiger partial charge on any atom is 0.326 e. The van der Waals surface area contributed by atoms with Crippen molar-refractivity contribution in [2.75, 3.05) is 13.1 Å². The van der Waals surface area contributed by atoms with Crippen molar-refractivity contribution in [1.29, 1.82) is 0 Å². The number of hydrogen-bond acceptors (Lipinski definition) is 7. The van der Waals surface area contributed by atoms with Crippen molar-refractivity contribution in [3.63, 3.8) is 0 Å². The van der Waals surface area contributed by atoms with Gasteiger partial charge in [0.15, 0.2) is 5.96 Å². The van der Waals surface area contributed by atoms with E-state index in [2.05, 4.69) is 20.9 Å². The highest BCUT2D eigenvalue weighted by Gasteiger charge is 2.27. The van der Waals surface area contributed by atoms with Crippen molar-refractivity contribution in [1.82, 2.24) is 16.0 Å². The molecule has 0 aromatic carbocycles. The van der Waals surface area contributed by atoms with Crippen LogP contribution in [0.25, 0.3) is 0 Å². The van der Waals surface area contributed by atoms with Crippen molar-refractivity contribution < 1.29 is 29.1 Å². The van der Waals surface area contributed by atoms with Crippen molar-refractivity contribution in [2.45, 2.75) is 57.7 Å². The van der Waals surface area contributed by atoms with Gasteiger partial charge in [-0.3, -0.25) is 24.2 Å². The van der Waals surface area contributed by atoms with E-state index in [-0.39, 0.29) is 44.2 Å². The molecule has 0 heterocycles. The zero-order valence-electron chi connectivity index (χ0n) is 18.3. The maximum atomic E-state index is 12.6. The number of hydrogen-bond donors (Lipinski definition) is 8. The molecule has 0 saturated carbocycles. The molecule has 14 heteroatoms. The van der Waals surface area contributed by atoms with Gasteiger partial charge in [-0.25, -0.2) is 4.79 Å². The van der Waals surface area contributed by atoms with Gasteiger partial charge in [0, 0.05) is 13.0 Å². The second kappa shape index (κ2) is 14.6. The molecule has 32 heavy (non-hydrogen) atoms. The van der Waals surface area contributed by atoms with Crippen LogP contribution in [-0.4, -0.2) is 71.9 Å². The Morgan fingerprint density at radius 2 is 1.53 bits per heavy atom. The van der Waals surface area contributed by atoms with Crippen molar-refractivity contribution in [2.24, 2.45) is 33.8 Å². The molecule has 0 rings (SSSR count). The Morgan fingerprint density at radius 1 is 0.906 bits per heavy atom. The lowest BCUT2D eigenvalue weighted by atomic mass is 10.0. The van der Waals surface area contributed by atoms with Crippen LogP contribution < -0.4 is 38.9 Å². The Labute approximate surface area is 185 Å². The summed E-state index contributed by atoms with van der Waals surface area (Å²) in [6, 6.07) is -3.38. The highest BCUT2D eigenvalue weighted by molar-refractivity contribution is 5.91. The molecule has 0 aromatic heterocycles. The van der Waals surface area contributed by atoms with E-state index in [0.29, 0.717) is 6.42 Å². The molecular formula is C18H34N8O6. The molecule has 0 aromatic rings. The first-order valence-electron chi connectivity index (χ1n) is 10.1. The third kappa shape index (κ3) is 11.7. The predicted molar refractivity (Wildman–Crippen MR) is 116 cm³/mol. The van der Waals surface area contributed by atoms with E-state index in [1.807, 2.05) is 0 Å². The number of carboxylic acid groups (broad SMARTS) is 1. The number of carbonyl (C=O) groups excluding carboxylic acids is 4. The number of carboxylic acids is 1. The molecule has 3 atom stereocenters. The van der Waals surface area contributed by atoms with Crippen LogP contribution >= 0.6 is 0 Å². The lowest BCUT2D eigenvalue weighted by Crippen LogP contribution is -2.53. The quantitative estimate of drug-likeness (QED) is 0.0685. The summed E-state index contributed by atoms with van der Waals surface area (Å²) in [6.45, 7) is 3.22. The van der Waals surface area contributed by atoms with E-state index < -0.39 is 47.7 Å². The normalized spacial score (nSPS) is 13.4. The number of aliphatic imine (C=N–C) groups is 1. The van der Waals surface area contributed by atoms with E-state index in [4.69, 9.17) is 22.9 Å². The average Bonchev–Trinajstić information content (AvgIpc) is 2.69. The fraction of sp³-hybridized carbons (Fsp3) is 0.667. The highest BCUT2D eigenvalue weighted by atomic mass is 16.4. The fourth-order valence-electron chi connectivity index (χ4n) is 2.64. The third-order valence-corrected chi connectivity index (χ3v) is 4.35. The first-order valence-corrected chi connectivity index (χ1v) is 10.1. The molecule has 12 N–H and O–H groups in total. The third-order valence-electron chi connectivity index (χ3n) is 4.35. The number of carbonyl (C=O) groups is 5. The zero-order valence-corrected chi connectivity index (χ0v) is 18.3. The summed E-state index contributed by atoms with van der Waals surface area (Å²) in [4.78, 5) is 63.0. The predicted octanol–water partition coefficient (Wildman–Crippen LogP) is -3.54. The van der Waals surface area contributed by atoms with Gasteiger partial charge in [-0.05, 0) is 25.2 Å². The molecule has 4 amide bonds. The second-order valence-electron chi connectivity index (χ2n) is 7.40. The summed E-state index contributed by atoms with van der Waals surface area (Å²) in [5.74, 6) is -4.42. The van der Waals surface area contributed by atoms with Crippen molar-refractivity contribution in [3.8, 4) is 0 Å². The minimum atomic E-state index is -1.41. The number of rotatable bonds is 15. The smallest absolute Gasteiger partial charge is 0.326 e. The number of nitrogens with one attached hydrogen (secondary N) is 3. The SMILES string of the molecule is CC(C)[C@H](NC(=O)CC[C@H](NC(=O)[C@H](CCCN=C(N)N)NC(=O)CN)C(=O)O)C(N)=O. The van der Waals surface area contributed by atoms with Gasteiger partial charge in [-0.2, -0.15) is 0 Å². The van der Waals surface area contributed by atoms with Crippen molar-refractivity contribution in [3.05, 3.63) is 0 Å². The Kier molecular flexibility index (Phi) is 13.0. The van der Waals surface area contributed by atoms with Gasteiger partial charge >= 0.3 is 5.97 Å². The van der Waals surface area contributed by atoms with E-state index in [1.54, 1.807) is 13.8 Å². The van der Waals surface area contributed by atoms with E-state index >= 15 is 0 Å². The zero-order chi connectivity index (χ0) is 24.8. The van der Waals surface area contributed by atoms with E-state index in [1.165, 1.54) is 0 Å². The molecule has 0 saturated heterocycles. The fourth-order valence-corrected chi connectivity index (χ4v) is 2.64. The molecule has 0 radical (unpaired) electrons. The maximum absolute atomic E-state index is 12.6. The summed E-state index contributed by atoms with van der Waals surface area (Å²) in [5, 5.41) is 16.5. The lowest BCUT2D eigenvalue weighted by Gasteiger charge is -2.22. The van der Waals surface area contributed by atoms with Gasteiger partial charge in [0.1, 0.15) is 18.1 Å². The molecule has 0 aliphatic rings. The summed E-state index contributed by atoms with van der Waals surface area (Å²) in [5.41, 5.74) is 21.0. The Bertz CT molecular complexity index is 708. The number of nitrogens with zero attached hydrogens (tertiary/aromatic N) is 1. The van der Waals surface area contributed by atoms with Crippen LogP contribution in [0.2, 0.25) is 0 Å². The van der Waals surface area contributed by atoms with Crippen LogP contribution in [0.3, 0.4) is 0 Å². The molecule has 182 valence electrons. The summed E-state index contributed by atoms with van der Waals surface area (Å²) in [7, 11) is 0. The average molecular weight is 459 g/mol. The van der Waals surface area contributed by atoms with Gasteiger partial charge in [-0.15, -0.1) is 0 Å². The van der Waals surface area contributed by atoms with Crippen LogP contribution in [0, 0.1) is 5.92 Å². The number of guanidine groups is 1. The van der Waals surface area contributed by atoms with E-state index in [9.17, 15) is 29.1 Å². The Morgan fingerprint density at radius 3 is 2.00 bits per heavy atom. The van der Waals surface area contributed by atoms with Crippen molar-refractivity contribution >= 4 is 35.6 Å². The van der Waals surface area contributed by atoms with Gasteiger partial charge in [0.05, 0.1) is 6.54 Å². The number of nitrogens with two attached hydrogens (primary N) is 4. The minimum Gasteiger partial charge on any atom is -0.480 e. The molecule has 0 aliphatic carbocycles. The largest absolute Gasteiger partial charge is 0.480 e. The van der Waals surface area contributed by atoms with Gasteiger partial charge in [0.25, 0.3) is 0 Å². The summed E-state index contributed by atoms with van der Waals surface area (Å²) in [6.07, 6.45) is -0.0827. The molecule has 0 bridgehead atoms. The summed E-state index contributed by atoms with van der Waals surface area (Å²) < 4.78 is 0. The molecule has 0 unspecified atom stereocenters. The second-order valence-corrected chi connectivity index (χ2v) is 7.40. The van der Waals surface area contributed by atoms with E-state index in [0.717, 1.165) is 0 Å². The van der Waals surface area contributed by atoms with Crippen LogP contribution in [0.1, 0.15) is 39.5 Å². The minimum absolute atomic E-state index is 0.121. The molecular weight excluding hydrogens is 424 g/mol. The lowest BCUT2D eigenvalue weighted by molar-refractivity contribution is -0.142. The summed E-state index contributed by atoms with van der Waals surface area (Å²) >= 11 is 0. The molecule has 0 spiro atoms. The molecule has 0 fully saturated rings.